The van der Waals surface area contributed by atoms with Crippen molar-refractivity contribution in [2.45, 2.75) is 77.7 Å². The Labute approximate surface area is 173 Å². The number of phosphoric acid groups is 1. The van der Waals surface area contributed by atoms with Crippen LogP contribution in [0.15, 0.2) is 24.3 Å². The summed E-state index contributed by atoms with van der Waals surface area (Å²) in [4.78, 5) is 41.1. The lowest BCUT2D eigenvalue weighted by atomic mass is 10.1. The smallest absolute Gasteiger partial charge is 0.461 e. The maximum absolute atomic E-state index is 11.9. The lowest BCUT2D eigenvalue weighted by molar-refractivity contribution is -0.160. The Bertz CT molecular complexity index is 553. The second kappa shape index (κ2) is 17.4. The Balaban J connectivity index is 4.27. The van der Waals surface area contributed by atoms with E-state index in [9.17, 15) is 14.2 Å². The molecule has 0 unspecified atom stereocenters. The molecule has 2 N–H and O–H groups in total. The average Bonchev–Trinajstić information content (AvgIpc) is 2.66. The molecule has 0 spiro atoms. The molecule has 9 heteroatoms. The van der Waals surface area contributed by atoms with Gasteiger partial charge in [0.2, 0.25) is 0 Å². The van der Waals surface area contributed by atoms with Gasteiger partial charge in [-0.15, -0.1) is 0 Å². The molecular formula is C20H35O8P. The van der Waals surface area contributed by atoms with Crippen molar-refractivity contribution in [3.63, 3.8) is 0 Å². The monoisotopic (exact) mass is 434 g/mol. The maximum atomic E-state index is 11.9. The van der Waals surface area contributed by atoms with Crippen LogP contribution in [0.3, 0.4) is 0 Å². The van der Waals surface area contributed by atoms with Crippen LogP contribution in [0, 0.1) is 0 Å². The summed E-state index contributed by atoms with van der Waals surface area (Å²) in [6.45, 7) is 3.02. The number of unbranched alkanes of at least 4 members (excludes halogenated alkanes) is 6. The topological polar surface area (TPSA) is 119 Å². The van der Waals surface area contributed by atoms with E-state index in [4.69, 9.17) is 19.3 Å². The Hall–Kier alpha value is -1.47. The highest BCUT2D eigenvalue weighted by molar-refractivity contribution is 7.46. The number of allylic oxidation sites excluding steroid dienone is 2. The quantitative estimate of drug-likeness (QED) is 0.151. The van der Waals surface area contributed by atoms with Crippen LogP contribution in [0.1, 0.15) is 71.6 Å². The SMILES string of the molecule is C/C=C\CC(=O)OC[C@H](COP(=O)(O)O)OC(=O)C/C=C\CCCCCCCC. The van der Waals surface area contributed by atoms with E-state index in [-0.39, 0.29) is 19.4 Å². The number of ether oxygens (including phenoxy) is 2. The molecule has 0 saturated carbocycles. The van der Waals surface area contributed by atoms with E-state index in [1.54, 1.807) is 25.2 Å². The fourth-order valence-corrected chi connectivity index (χ4v) is 2.69. The van der Waals surface area contributed by atoms with E-state index in [1.807, 2.05) is 6.08 Å². The van der Waals surface area contributed by atoms with Crippen LogP contribution in [0.2, 0.25) is 0 Å². The Kier molecular flexibility index (Phi) is 16.5. The fourth-order valence-electron chi connectivity index (χ4n) is 2.33. The highest BCUT2D eigenvalue weighted by Crippen LogP contribution is 2.35. The van der Waals surface area contributed by atoms with Gasteiger partial charge in [0.05, 0.1) is 19.4 Å². The zero-order chi connectivity index (χ0) is 22.0. The Morgan fingerprint density at radius 1 is 0.931 bits per heavy atom. The van der Waals surface area contributed by atoms with Crippen LogP contribution in [0.4, 0.5) is 0 Å². The highest BCUT2D eigenvalue weighted by atomic mass is 31.2. The minimum Gasteiger partial charge on any atom is -0.461 e. The van der Waals surface area contributed by atoms with Gasteiger partial charge in [0, 0.05) is 0 Å². The predicted octanol–water partition coefficient (Wildman–Crippen LogP) is 4.21. The molecular weight excluding hydrogens is 399 g/mol. The molecule has 0 heterocycles. The first kappa shape index (κ1) is 27.5. The molecule has 0 amide bonds. The minimum atomic E-state index is -4.73. The van der Waals surface area contributed by atoms with Gasteiger partial charge in [-0.2, -0.15) is 0 Å². The van der Waals surface area contributed by atoms with E-state index in [1.165, 1.54) is 25.7 Å². The van der Waals surface area contributed by atoms with E-state index < -0.39 is 32.5 Å². The molecule has 8 nitrogen and oxygen atoms in total. The van der Waals surface area contributed by atoms with E-state index in [0.717, 1.165) is 19.3 Å². The number of rotatable bonds is 17. The summed E-state index contributed by atoms with van der Waals surface area (Å²) in [6.07, 6.45) is 13.9. The zero-order valence-electron chi connectivity index (χ0n) is 17.5. The summed E-state index contributed by atoms with van der Waals surface area (Å²) < 4.78 is 25.3. The van der Waals surface area contributed by atoms with E-state index in [2.05, 4.69) is 11.4 Å². The molecule has 1 atom stereocenters. The molecule has 0 radical (unpaired) electrons. The number of esters is 2. The lowest BCUT2D eigenvalue weighted by Gasteiger charge is -2.18. The normalized spacial score (nSPS) is 13.1. The molecule has 0 aliphatic heterocycles. The fraction of sp³-hybridized carbons (Fsp3) is 0.700. The van der Waals surface area contributed by atoms with Crippen molar-refractivity contribution in [3.8, 4) is 0 Å². The highest BCUT2D eigenvalue weighted by Gasteiger charge is 2.22. The van der Waals surface area contributed by atoms with Crippen molar-refractivity contribution in [2.24, 2.45) is 0 Å². The van der Waals surface area contributed by atoms with Gasteiger partial charge in [0.25, 0.3) is 0 Å². The molecule has 168 valence electrons. The van der Waals surface area contributed by atoms with Crippen LogP contribution in [-0.2, 0) is 28.2 Å². The van der Waals surface area contributed by atoms with Gasteiger partial charge in [-0.25, -0.2) is 4.57 Å². The number of carbonyl (C=O) groups is 2. The largest absolute Gasteiger partial charge is 0.469 e. The first-order valence-electron chi connectivity index (χ1n) is 10.1. The molecule has 0 saturated heterocycles. The summed E-state index contributed by atoms with van der Waals surface area (Å²) >= 11 is 0. The van der Waals surface area contributed by atoms with Crippen molar-refractivity contribution in [1.82, 2.24) is 0 Å². The molecule has 0 aromatic carbocycles. The average molecular weight is 434 g/mol. The number of phosphoric ester groups is 1. The van der Waals surface area contributed by atoms with E-state index >= 15 is 0 Å². The van der Waals surface area contributed by atoms with Gasteiger partial charge in [-0.3, -0.25) is 14.1 Å². The Morgan fingerprint density at radius 2 is 1.59 bits per heavy atom. The third-order valence-corrected chi connectivity index (χ3v) is 4.34. The summed E-state index contributed by atoms with van der Waals surface area (Å²) in [6, 6.07) is 0. The Morgan fingerprint density at radius 3 is 2.24 bits per heavy atom. The molecule has 0 rings (SSSR count). The second-order valence-corrected chi connectivity index (χ2v) is 7.83. The zero-order valence-corrected chi connectivity index (χ0v) is 18.4. The van der Waals surface area contributed by atoms with Crippen LogP contribution in [0.25, 0.3) is 0 Å². The summed E-state index contributed by atoms with van der Waals surface area (Å²) in [5.41, 5.74) is 0. The van der Waals surface area contributed by atoms with Crippen LogP contribution < -0.4 is 0 Å². The molecule has 0 fully saturated rings. The predicted molar refractivity (Wildman–Crippen MR) is 110 cm³/mol. The van der Waals surface area contributed by atoms with Gasteiger partial charge in [0.1, 0.15) is 6.61 Å². The van der Waals surface area contributed by atoms with Crippen molar-refractivity contribution in [3.05, 3.63) is 24.3 Å². The first-order valence-corrected chi connectivity index (χ1v) is 11.6. The van der Waals surface area contributed by atoms with Gasteiger partial charge < -0.3 is 19.3 Å². The second-order valence-electron chi connectivity index (χ2n) is 6.59. The number of hydrogen-bond donors (Lipinski definition) is 2. The number of carbonyl (C=O) groups excluding carboxylic acids is 2. The van der Waals surface area contributed by atoms with Crippen LogP contribution in [0.5, 0.6) is 0 Å². The summed E-state index contributed by atoms with van der Waals surface area (Å²) in [5.74, 6) is -1.13. The maximum Gasteiger partial charge on any atom is 0.469 e. The van der Waals surface area contributed by atoms with Crippen molar-refractivity contribution in [1.29, 1.82) is 0 Å². The third kappa shape index (κ3) is 19.6. The molecule has 0 aromatic rings. The summed E-state index contributed by atoms with van der Waals surface area (Å²) in [5, 5.41) is 0. The number of hydrogen-bond acceptors (Lipinski definition) is 6. The van der Waals surface area contributed by atoms with Crippen LogP contribution >= 0.6 is 7.82 Å². The standard InChI is InChI=1S/C20H35O8P/c1-3-5-7-8-9-10-11-12-13-15-20(22)28-18(17-27-29(23,24)25)16-26-19(21)14-6-4-2/h4,6,12-13,18H,3,5,7-11,14-17H2,1-2H3,(H2,23,24,25)/b6-4-,13-12-/t18-/m1/s1. The van der Waals surface area contributed by atoms with Gasteiger partial charge in [0.15, 0.2) is 6.10 Å². The lowest BCUT2D eigenvalue weighted by Crippen LogP contribution is -2.29. The van der Waals surface area contributed by atoms with Crippen molar-refractivity contribution < 1.29 is 37.9 Å². The van der Waals surface area contributed by atoms with Gasteiger partial charge in [-0.05, 0) is 19.8 Å². The summed E-state index contributed by atoms with van der Waals surface area (Å²) in [7, 11) is -4.73. The van der Waals surface area contributed by atoms with Crippen molar-refractivity contribution >= 4 is 19.8 Å². The third-order valence-electron chi connectivity index (χ3n) is 3.85. The van der Waals surface area contributed by atoms with Crippen LogP contribution in [-0.4, -0.2) is 41.0 Å². The molecule has 29 heavy (non-hydrogen) atoms. The molecule has 0 bridgehead atoms. The van der Waals surface area contributed by atoms with Gasteiger partial charge >= 0.3 is 19.8 Å². The molecule has 0 aromatic heterocycles. The van der Waals surface area contributed by atoms with Gasteiger partial charge in [-0.1, -0.05) is 63.3 Å². The van der Waals surface area contributed by atoms with E-state index in [0.29, 0.717) is 0 Å². The minimum absolute atomic E-state index is 0.0226. The first-order chi connectivity index (χ1) is 13.8. The van der Waals surface area contributed by atoms with Crippen molar-refractivity contribution in [2.75, 3.05) is 13.2 Å². The molecule has 0 aliphatic rings. The molecule has 0 aliphatic carbocycles.